The van der Waals surface area contributed by atoms with Crippen LogP contribution in [-0.4, -0.2) is 14.0 Å². The van der Waals surface area contributed by atoms with Gasteiger partial charge in [0, 0.05) is 5.92 Å². The molecule has 2 N–H and O–H groups in total. The highest BCUT2D eigenvalue weighted by molar-refractivity contribution is 6.34. The van der Waals surface area contributed by atoms with Gasteiger partial charge in [0.1, 0.15) is 7.41 Å². The van der Waals surface area contributed by atoms with Gasteiger partial charge in [-0.2, -0.15) is 0 Å². The summed E-state index contributed by atoms with van der Waals surface area (Å²) in [7, 11) is 1.47. The largest absolute Gasteiger partial charge is 0.559 e. The van der Waals surface area contributed by atoms with Crippen molar-refractivity contribution in [1.82, 2.24) is 0 Å². The van der Waals surface area contributed by atoms with Crippen molar-refractivity contribution in [1.29, 1.82) is 5.26 Å². The standard InChI is InChI=1S/C7H9BN2/c9-6-8-10-5-1-2-7-3-4-7/h7H,3-5,10H2. The number of nitrogens with zero attached hydrogens (tertiary/aromatic N) is 1. The molecular weight excluding hydrogens is 123 g/mol. The first kappa shape index (κ1) is 7.19. The number of quaternary nitrogens is 1. The molecule has 1 aliphatic rings. The second-order valence-corrected chi connectivity index (χ2v) is 2.33. The average molecular weight is 132 g/mol. The number of hydrogen-bond donors (Lipinski definition) is 1. The van der Waals surface area contributed by atoms with Gasteiger partial charge in [0.25, 0.3) is 0 Å². The van der Waals surface area contributed by atoms with Crippen LogP contribution < -0.4 is 5.23 Å². The SMILES string of the molecule is N#C[B-][NH2+]CC#CC1CC1. The fourth-order valence-electron chi connectivity index (χ4n) is 0.601. The molecule has 0 aromatic heterocycles. The Morgan fingerprint density at radius 2 is 2.40 bits per heavy atom. The van der Waals surface area contributed by atoms with Gasteiger partial charge in [0.2, 0.25) is 0 Å². The van der Waals surface area contributed by atoms with Gasteiger partial charge in [-0.25, -0.2) is 5.26 Å². The third-order valence-electron chi connectivity index (χ3n) is 1.30. The van der Waals surface area contributed by atoms with Crippen molar-refractivity contribution >= 4 is 7.41 Å². The summed E-state index contributed by atoms with van der Waals surface area (Å²) >= 11 is 0. The molecule has 1 rings (SSSR count). The lowest BCUT2D eigenvalue weighted by atomic mass is 9.99. The minimum absolute atomic E-state index is 0.676. The van der Waals surface area contributed by atoms with E-state index in [0.29, 0.717) is 5.92 Å². The summed E-state index contributed by atoms with van der Waals surface area (Å²) in [6.45, 7) is 0.726. The van der Waals surface area contributed by atoms with E-state index in [0.717, 1.165) is 6.54 Å². The molecule has 1 aliphatic carbocycles. The predicted molar refractivity (Wildman–Crippen MR) is 38.7 cm³/mol. The highest BCUT2D eigenvalue weighted by Crippen LogP contribution is 2.27. The normalized spacial score (nSPS) is 15.1. The zero-order valence-electron chi connectivity index (χ0n) is 5.80. The van der Waals surface area contributed by atoms with E-state index in [9.17, 15) is 0 Å². The Bertz CT molecular complexity index is 192. The van der Waals surface area contributed by atoms with Crippen molar-refractivity contribution in [2.45, 2.75) is 12.8 Å². The summed E-state index contributed by atoms with van der Waals surface area (Å²) < 4.78 is 0. The van der Waals surface area contributed by atoms with Crippen LogP contribution in [0.5, 0.6) is 0 Å². The second-order valence-electron chi connectivity index (χ2n) is 2.33. The van der Waals surface area contributed by atoms with Crippen molar-refractivity contribution in [2.24, 2.45) is 5.92 Å². The van der Waals surface area contributed by atoms with Gasteiger partial charge in [0.05, 0.1) is 6.54 Å². The molecule has 0 amide bonds. The Kier molecular flexibility index (Phi) is 2.86. The first-order valence-electron chi connectivity index (χ1n) is 3.46. The average Bonchev–Trinajstić information content (AvgIpc) is 2.71. The predicted octanol–water partition coefficient (Wildman–Crippen LogP) is -0.937. The van der Waals surface area contributed by atoms with Gasteiger partial charge in [0.15, 0.2) is 0 Å². The number of hydrogen-bond acceptors (Lipinski definition) is 1. The molecule has 0 atom stereocenters. The fourth-order valence-corrected chi connectivity index (χ4v) is 0.601. The van der Waals surface area contributed by atoms with Crippen molar-refractivity contribution < 1.29 is 5.23 Å². The van der Waals surface area contributed by atoms with E-state index < -0.39 is 0 Å². The lowest BCUT2D eigenvalue weighted by Crippen LogP contribution is -2.86. The molecule has 0 heterocycles. The van der Waals surface area contributed by atoms with Gasteiger partial charge < -0.3 is 5.23 Å². The minimum atomic E-state index is 0.676. The maximum Gasteiger partial charge on any atom is 0.124 e. The smallest absolute Gasteiger partial charge is 0.124 e. The van der Waals surface area contributed by atoms with E-state index in [1.54, 1.807) is 5.23 Å². The quantitative estimate of drug-likeness (QED) is 0.294. The Hall–Kier alpha value is -0.925. The maximum absolute atomic E-state index is 8.10. The van der Waals surface area contributed by atoms with Crippen LogP contribution in [-0.2, 0) is 0 Å². The summed E-state index contributed by atoms with van der Waals surface area (Å²) in [5.74, 6) is 8.70. The topological polar surface area (TPSA) is 40.4 Å². The van der Waals surface area contributed by atoms with Crippen molar-refractivity contribution in [3.8, 4) is 17.8 Å². The molecule has 0 aromatic rings. The highest BCUT2D eigenvalue weighted by atomic mass is 14.7. The number of nitrogens with two attached hydrogens (primary N) is 1. The van der Waals surface area contributed by atoms with Crippen LogP contribution in [0.15, 0.2) is 0 Å². The monoisotopic (exact) mass is 132 g/mol. The van der Waals surface area contributed by atoms with Crippen molar-refractivity contribution in [2.75, 3.05) is 6.54 Å². The van der Waals surface area contributed by atoms with E-state index in [1.165, 1.54) is 20.3 Å². The molecule has 3 heteroatoms. The molecule has 0 aliphatic heterocycles. The molecule has 10 heavy (non-hydrogen) atoms. The van der Waals surface area contributed by atoms with E-state index in [1.807, 2.05) is 5.97 Å². The van der Waals surface area contributed by atoms with Gasteiger partial charge in [-0.1, -0.05) is 5.92 Å². The van der Waals surface area contributed by atoms with E-state index >= 15 is 0 Å². The molecule has 0 spiro atoms. The zero-order chi connectivity index (χ0) is 7.23. The summed E-state index contributed by atoms with van der Waals surface area (Å²) in [5, 5.41) is 9.89. The molecule has 0 aromatic carbocycles. The third-order valence-corrected chi connectivity index (χ3v) is 1.30. The van der Waals surface area contributed by atoms with E-state index in [2.05, 4.69) is 11.8 Å². The Morgan fingerprint density at radius 1 is 1.60 bits per heavy atom. The van der Waals surface area contributed by atoms with Crippen LogP contribution in [0.25, 0.3) is 0 Å². The van der Waals surface area contributed by atoms with Crippen LogP contribution >= 0.6 is 0 Å². The number of nitriles is 1. The summed E-state index contributed by atoms with van der Waals surface area (Å²) in [6.07, 6.45) is 2.55. The Labute approximate surface area is 61.9 Å². The van der Waals surface area contributed by atoms with Gasteiger partial charge in [-0.15, -0.1) is 5.97 Å². The molecule has 0 unspecified atom stereocenters. The van der Waals surface area contributed by atoms with Gasteiger partial charge in [-0.3, -0.25) is 0 Å². The zero-order valence-corrected chi connectivity index (χ0v) is 5.80. The molecule has 0 saturated heterocycles. The molecule has 50 valence electrons. The van der Waals surface area contributed by atoms with E-state index in [4.69, 9.17) is 5.26 Å². The second kappa shape index (κ2) is 3.98. The summed E-state index contributed by atoms with van der Waals surface area (Å²) in [6, 6.07) is 0. The number of rotatable bonds is 2. The molecule has 1 saturated carbocycles. The summed E-state index contributed by atoms with van der Waals surface area (Å²) in [5.41, 5.74) is 0. The maximum atomic E-state index is 8.10. The fraction of sp³-hybridized carbons (Fsp3) is 0.571. The lowest BCUT2D eigenvalue weighted by molar-refractivity contribution is -0.497. The minimum Gasteiger partial charge on any atom is -0.559 e. The van der Waals surface area contributed by atoms with E-state index in [-0.39, 0.29) is 0 Å². The molecule has 2 radical (unpaired) electrons. The van der Waals surface area contributed by atoms with Crippen LogP contribution in [0.2, 0.25) is 0 Å². The molecule has 0 bridgehead atoms. The Balaban J connectivity index is 1.95. The molecule has 1 fully saturated rings. The van der Waals surface area contributed by atoms with Crippen LogP contribution in [0.4, 0.5) is 0 Å². The first-order chi connectivity index (χ1) is 4.93. The lowest BCUT2D eigenvalue weighted by Gasteiger charge is -1.95. The molecular formula is C7H9BN2. The van der Waals surface area contributed by atoms with Crippen LogP contribution in [0.1, 0.15) is 12.8 Å². The van der Waals surface area contributed by atoms with Crippen molar-refractivity contribution in [3.63, 3.8) is 0 Å². The third kappa shape index (κ3) is 3.17. The highest BCUT2D eigenvalue weighted by Gasteiger charge is 2.17. The van der Waals surface area contributed by atoms with Crippen LogP contribution in [0, 0.1) is 29.0 Å². The first-order valence-corrected chi connectivity index (χ1v) is 3.46. The molecule has 2 nitrogen and oxygen atoms in total. The Morgan fingerprint density at radius 3 is 3.00 bits per heavy atom. The summed E-state index contributed by atoms with van der Waals surface area (Å²) in [4.78, 5) is 0. The van der Waals surface area contributed by atoms with Gasteiger partial charge in [-0.05, 0) is 18.8 Å². The van der Waals surface area contributed by atoms with Crippen molar-refractivity contribution in [3.05, 3.63) is 0 Å². The van der Waals surface area contributed by atoms with Gasteiger partial charge >= 0.3 is 0 Å². The van der Waals surface area contributed by atoms with Crippen LogP contribution in [0.3, 0.4) is 0 Å².